The zero-order chi connectivity index (χ0) is 21.5. The van der Waals surface area contributed by atoms with Crippen molar-refractivity contribution in [1.29, 1.82) is 0 Å². The van der Waals surface area contributed by atoms with E-state index in [-0.39, 0.29) is 0 Å². The third-order valence-corrected chi connectivity index (χ3v) is 4.53. The van der Waals surface area contributed by atoms with Gasteiger partial charge in [-0.25, -0.2) is 0 Å². The Hall–Kier alpha value is -2.57. The Kier molecular flexibility index (Phi) is 13.2. The molecule has 1 aromatic carbocycles. The maximum atomic E-state index is 10.2. The number of nitrogens with zero attached hydrogens (tertiary/aromatic N) is 1. The molecule has 0 aliphatic heterocycles. The highest BCUT2D eigenvalue weighted by atomic mass is 16.5. The van der Waals surface area contributed by atoms with Gasteiger partial charge in [-0.2, -0.15) is 0 Å². The van der Waals surface area contributed by atoms with Crippen LogP contribution in [0.4, 0.5) is 0 Å². The van der Waals surface area contributed by atoms with Gasteiger partial charge in [-0.15, -0.1) is 6.42 Å². The highest BCUT2D eigenvalue weighted by molar-refractivity contribution is 5.76. The van der Waals surface area contributed by atoms with Crippen LogP contribution in [0.1, 0.15) is 49.5 Å². The molecule has 1 fully saturated rings. The van der Waals surface area contributed by atoms with E-state index in [2.05, 4.69) is 30.5 Å². The number of rotatable bonds is 5. The maximum Gasteiger partial charge on any atom is 0.150 e. The third kappa shape index (κ3) is 8.41. The van der Waals surface area contributed by atoms with Crippen LogP contribution in [0.2, 0.25) is 0 Å². The number of terminal acetylenes is 1. The van der Waals surface area contributed by atoms with Crippen LogP contribution in [0, 0.1) is 19.3 Å². The van der Waals surface area contributed by atoms with E-state index in [4.69, 9.17) is 11.2 Å². The molecule has 28 heavy (non-hydrogen) atoms. The van der Waals surface area contributed by atoms with Crippen molar-refractivity contribution >= 4 is 6.29 Å². The van der Waals surface area contributed by atoms with Crippen LogP contribution in [0.3, 0.4) is 0 Å². The molecule has 0 heterocycles. The number of ether oxygens (including phenoxy) is 1. The number of hydrogen-bond donors (Lipinski definition) is 0. The minimum Gasteiger partial charge on any atom is -0.501 e. The molecule has 3 heteroatoms. The lowest BCUT2D eigenvalue weighted by Gasteiger charge is -2.22. The predicted molar refractivity (Wildman–Crippen MR) is 120 cm³/mol. The van der Waals surface area contributed by atoms with E-state index in [9.17, 15) is 4.79 Å². The first-order chi connectivity index (χ1) is 13.4. The largest absolute Gasteiger partial charge is 0.501 e. The fourth-order valence-electron chi connectivity index (χ4n) is 2.78. The Morgan fingerprint density at radius 1 is 1.39 bits per heavy atom. The smallest absolute Gasteiger partial charge is 0.150 e. The molecule has 1 aromatic rings. The number of allylic oxidation sites excluding steroid dienone is 3. The number of hydrogen-bond acceptors (Lipinski definition) is 3. The second-order valence-electron chi connectivity index (χ2n) is 6.35. The molecule has 0 radical (unpaired) electrons. The highest BCUT2D eigenvalue weighted by Gasteiger charge is 2.26. The minimum atomic E-state index is 0.383. The van der Waals surface area contributed by atoms with Crippen LogP contribution < -0.4 is 0 Å². The summed E-state index contributed by atoms with van der Waals surface area (Å²) in [6, 6.07) is 7.89. The van der Waals surface area contributed by atoms with Crippen molar-refractivity contribution in [3.8, 4) is 12.3 Å². The van der Waals surface area contributed by atoms with Crippen molar-refractivity contribution in [3.63, 3.8) is 0 Å². The van der Waals surface area contributed by atoms with Crippen LogP contribution in [-0.2, 0) is 4.74 Å². The van der Waals surface area contributed by atoms with Crippen molar-refractivity contribution in [2.24, 2.45) is 0 Å². The van der Waals surface area contributed by atoms with Gasteiger partial charge in [0, 0.05) is 11.6 Å². The van der Waals surface area contributed by atoms with Crippen LogP contribution in [0.5, 0.6) is 0 Å². The molecule has 1 atom stereocenters. The summed E-state index contributed by atoms with van der Waals surface area (Å²) in [6.45, 7) is 12.7. The summed E-state index contributed by atoms with van der Waals surface area (Å²) in [5, 5.41) is 0. The average molecular weight is 382 g/mol. The molecule has 3 nitrogen and oxygen atoms in total. The molecule has 0 N–H and O–H groups in total. The standard InChI is InChI=1S/C15H21NO.C8H8O.C2H6/c1-6-11-16(4)15-10-9-14(13(15)3)8-7-12(2)17-5;1-7-4-2-3-5-8(7)6-9;1-2/h1,7-8,15H,3,9-11H2,2,4-5H3;2-6H,1H3;1-2H3/b12-7+,14-8-;;. The van der Waals surface area contributed by atoms with Crippen LogP contribution in [0.15, 0.2) is 59.9 Å². The Bertz CT molecular complexity index is 722. The molecule has 0 spiro atoms. The first-order valence-electron chi connectivity index (χ1n) is 9.69. The van der Waals surface area contributed by atoms with Gasteiger partial charge in [-0.3, -0.25) is 9.69 Å². The van der Waals surface area contributed by atoms with Crippen molar-refractivity contribution in [2.75, 3.05) is 20.7 Å². The first-order valence-corrected chi connectivity index (χ1v) is 9.69. The number of likely N-dealkylation sites (N-methyl/N-ethyl adjacent to an activating group) is 1. The molecule has 1 aliphatic rings. The molecule has 0 amide bonds. The van der Waals surface area contributed by atoms with E-state index in [1.807, 2.05) is 58.0 Å². The lowest BCUT2D eigenvalue weighted by molar-refractivity contribution is 0.112. The van der Waals surface area contributed by atoms with Crippen LogP contribution >= 0.6 is 0 Å². The molecular formula is C25H35NO2. The van der Waals surface area contributed by atoms with Crippen molar-refractivity contribution in [1.82, 2.24) is 4.90 Å². The summed E-state index contributed by atoms with van der Waals surface area (Å²) in [5.41, 5.74) is 4.29. The van der Waals surface area contributed by atoms with Gasteiger partial charge in [0.05, 0.1) is 19.4 Å². The van der Waals surface area contributed by atoms with Gasteiger partial charge in [0.1, 0.15) is 6.29 Å². The summed E-state index contributed by atoms with van der Waals surface area (Å²) in [7, 11) is 3.73. The van der Waals surface area contributed by atoms with Gasteiger partial charge < -0.3 is 4.74 Å². The van der Waals surface area contributed by atoms with E-state index < -0.39 is 0 Å². The maximum absolute atomic E-state index is 10.2. The summed E-state index contributed by atoms with van der Waals surface area (Å²) < 4.78 is 5.11. The summed E-state index contributed by atoms with van der Waals surface area (Å²) in [5.74, 6) is 3.58. The minimum absolute atomic E-state index is 0.383. The topological polar surface area (TPSA) is 29.5 Å². The number of carbonyl (C=O) groups excluding carboxylic acids is 1. The van der Waals surface area contributed by atoms with Crippen molar-refractivity contribution < 1.29 is 9.53 Å². The molecule has 1 unspecified atom stereocenters. The summed E-state index contributed by atoms with van der Waals surface area (Å²) in [4.78, 5) is 12.4. The van der Waals surface area contributed by atoms with E-state index in [1.165, 1.54) is 11.1 Å². The zero-order valence-electron chi connectivity index (χ0n) is 18.3. The number of methoxy groups -OCH3 is 1. The number of aryl methyl sites for hydroxylation is 1. The Balaban J connectivity index is 0.000000556. The SMILES string of the molecule is C#CCN(C)C1CC/C(=C/C=C(\C)OC)C1=C.CC.Cc1ccccc1C=O. The zero-order valence-corrected chi connectivity index (χ0v) is 18.3. The molecule has 1 aliphatic carbocycles. The summed E-state index contributed by atoms with van der Waals surface area (Å²) >= 11 is 0. The van der Waals surface area contributed by atoms with E-state index in [0.717, 1.165) is 36.0 Å². The Morgan fingerprint density at radius 2 is 2.04 bits per heavy atom. The predicted octanol–water partition coefficient (Wildman–Crippen LogP) is 5.58. The normalized spacial score (nSPS) is 17.2. The lowest BCUT2D eigenvalue weighted by atomic mass is 10.1. The molecule has 152 valence electrons. The second kappa shape index (κ2) is 14.5. The van der Waals surface area contributed by atoms with E-state index >= 15 is 0 Å². The quantitative estimate of drug-likeness (QED) is 0.379. The molecule has 0 saturated heterocycles. The highest BCUT2D eigenvalue weighted by Crippen LogP contribution is 2.32. The Labute approximate surface area is 171 Å². The number of aldehydes is 1. The molecule has 2 rings (SSSR count). The van der Waals surface area contributed by atoms with Gasteiger partial charge in [0.2, 0.25) is 0 Å². The molecule has 1 saturated carbocycles. The number of carbonyl (C=O) groups is 1. The first kappa shape index (κ1) is 25.4. The van der Waals surface area contributed by atoms with Gasteiger partial charge in [0.25, 0.3) is 0 Å². The fraction of sp³-hybridized carbons (Fsp3) is 0.400. The van der Waals surface area contributed by atoms with Gasteiger partial charge in [0.15, 0.2) is 0 Å². The van der Waals surface area contributed by atoms with Crippen LogP contribution in [0.25, 0.3) is 0 Å². The van der Waals surface area contributed by atoms with Crippen molar-refractivity contribution in [3.05, 3.63) is 71.0 Å². The average Bonchev–Trinajstić information content (AvgIpc) is 3.09. The second-order valence-corrected chi connectivity index (χ2v) is 6.35. The van der Waals surface area contributed by atoms with E-state index in [0.29, 0.717) is 12.6 Å². The van der Waals surface area contributed by atoms with Gasteiger partial charge >= 0.3 is 0 Å². The lowest BCUT2D eigenvalue weighted by Crippen LogP contribution is -2.30. The van der Waals surface area contributed by atoms with Gasteiger partial charge in [-0.1, -0.05) is 56.7 Å². The van der Waals surface area contributed by atoms with E-state index in [1.54, 1.807) is 7.11 Å². The third-order valence-electron chi connectivity index (χ3n) is 4.53. The summed E-state index contributed by atoms with van der Waals surface area (Å²) in [6.07, 6.45) is 12.5. The monoisotopic (exact) mass is 381 g/mol. The molecule has 0 aromatic heterocycles. The van der Waals surface area contributed by atoms with Gasteiger partial charge in [-0.05, 0) is 56.5 Å². The fourth-order valence-corrected chi connectivity index (χ4v) is 2.78. The number of benzene rings is 1. The van der Waals surface area contributed by atoms with Crippen LogP contribution in [-0.4, -0.2) is 37.9 Å². The van der Waals surface area contributed by atoms with Crippen molar-refractivity contribution in [2.45, 2.75) is 46.6 Å². The molecular weight excluding hydrogens is 346 g/mol. The Morgan fingerprint density at radius 3 is 2.54 bits per heavy atom. The molecule has 0 bridgehead atoms.